The molecule has 0 bridgehead atoms. The molecule has 0 aromatic rings. The zero-order valence-electron chi connectivity index (χ0n) is 8.98. The molecule has 0 saturated heterocycles. The summed E-state index contributed by atoms with van der Waals surface area (Å²) in [5.41, 5.74) is 0.124. The molecule has 0 aromatic heterocycles. The van der Waals surface area contributed by atoms with E-state index in [1.807, 2.05) is 0 Å². The lowest BCUT2D eigenvalue weighted by molar-refractivity contribution is 0.0859. The number of hydrogen-bond acceptors (Lipinski definition) is 1. The van der Waals surface area contributed by atoms with Crippen LogP contribution in [0.1, 0.15) is 39.5 Å². The normalized spacial score (nSPS) is 17.2. The highest BCUT2D eigenvalue weighted by atomic mass is 127. The fourth-order valence-electron chi connectivity index (χ4n) is 1.43. The number of hydrogen-bond donors (Lipinski definition) is 0. The van der Waals surface area contributed by atoms with Crippen LogP contribution >= 0.6 is 22.6 Å². The fourth-order valence-corrected chi connectivity index (χ4v) is 2.64. The van der Waals surface area contributed by atoms with Crippen LogP contribution in [0.2, 0.25) is 6.55 Å². The van der Waals surface area contributed by atoms with Crippen LogP contribution in [-0.4, -0.2) is 15.4 Å². The van der Waals surface area contributed by atoms with Crippen molar-refractivity contribution in [2.24, 2.45) is 0 Å². The van der Waals surface area contributed by atoms with Gasteiger partial charge in [0.25, 0.3) is 0 Å². The maximum absolute atomic E-state index is 5.92. The van der Waals surface area contributed by atoms with Crippen LogP contribution in [0.4, 0.5) is 0 Å². The van der Waals surface area contributed by atoms with Gasteiger partial charge in [-0.25, -0.2) is 0 Å². The third-order valence-electron chi connectivity index (χ3n) is 2.19. The summed E-state index contributed by atoms with van der Waals surface area (Å²) in [7, 11) is -0.282. The zero-order valence-corrected chi connectivity index (χ0v) is 12.5. The van der Waals surface area contributed by atoms with E-state index in [1.165, 1.54) is 19.3 Å². The lowest BCUT2D eigenvalue weighted by atomic mass is 9.96. The van der Waals surface area contributed by atoms with Crippen LogP contribution in [0.3, 0.4) is 0 Å². The average Bonchev–Trinajstić information content (AvgIpc) is 2.12. The van der Waals surface area contributed by atoms with Gasteiger partial charge in [-0.3, -0.25) is 0 Å². The Balaban J connectivity index is 3.98. The molecule has 13 heavy (non-hydrogen) atoms. The molecule has 0 N–H and O–H groups in total. The van der Waals surface area contributed by atoms with Crippen LogP contribution in [0, 0.1) is 0 Å². The lowest BCUT2D eigenvalue weighted by Crippen LogP contribution is -2.29. The Morgan fingerprint density at radius 2 is 2.23 bits per heavy atom. The Labute approximate surface area is 98.4 Å². The first-order valence-corrected chi connectivity index (χ1v) is 8.31. The molecule has 0 spiro atoms. The van der Waals surface area contributed by atoms with Crippen molar-refractivity contribution in [3.8, 4) is 0 Å². The van der Waals surface area contributed by atoms with E-state index in [2.05, 4.69) is 53.1 Å². The van der Waals surface area contributed by atoms with Crippen molar-refractivity contribution in [2.45, 2.75) is 51.7 Å². The van der Waals surface area contributed by atoms with Crippen LogP contribution in [0.5, 0.6) is 0 Å². The summed E-state index contributed by atoms with van der Waals surface area (Å²) in [6, 6.07) is 0. The molecule has 1 unspecified atom stereocenters. The maximum Gasteiger partial charge on any atom is 0.159 e. The fraction of sp³-hybridized carbons (Fsp3) is 0.800. The molecule has 0 saturated carbocycles. The lowest BCUT2D eigenvalue weighted by Gasteiger charge is -2.29. The Morgan fingerprint density at radius 3 is 2.69 bits per heavy atom. The summed E-state index contributed by atoms with van der Waals surface area (Å²) >= 11 is 2.27. The number of unbranched alkanes of at least 4 members (excludes halogenated alkanes) is 1. The number of rotatable bonds is 7. The van der Waals surface area contributed by atoms with Gasteiger partial charge in [0.1, 0.15) is 0 Å². The van der Waals surface area contributed by atoms with Crippen molar-refractivity contribution in [1.29, 1.82) is 0 Å². The van der Waals surface area contributed by atoms with E-state index < -0.39 is 0 Å². The summed E-state index contributed by atoms with van der Waals surface area (Å²) in [5.74, 6) is 0. The second-order valence-electron chi connectivity index (χ2n) is 3.55. The number of halogens is 1. The van der Waals surface area contributed by atoms with E-state index in [9.17, 15) is 0 Å². The third kappa shape index (κ3) is 6.68. The van der Waals surface area contributed by atoms with Gasteiger partial charge < -0.3 is 4.43 Å². The summed E-state index contributed by atoms with van der Waals surface area (Å²) in [6.45, 7) is 6.69. The van der Waals surface area contributed by atoms with Gasteiger partial charge in [-0.05, 0) is 23.8 Å². The highest BCUT2D eigenvalue weighted by Crippen LogP contribution is 2.23. The van der Waals surface area contributed by atoms with Crippen LogP contribution in [0.15, 0.2) is 10.2 Å². The van der Waals surface area contributed by atoms with E-state index in [1.54, 1.807) is 0 Å². The molecule has 0 aliphatic rings. The van der Waals surface area contributed by atoms with Crippen LogP contribution in [0.25, 0.3) is 0 Å². The van der Waals surface area contributed by atoms with Crippen molar-refractivity contribution in [2.75, 3.05) is 0 Å². The van der Waals surface area contributed by atoms with Crippen molar-refractivity contribution in [1.82, 2.24) is 0 Å². The minimum absolute atomic E-state index is 0.124. The van der Waals surface area contributed by atoms with E-state index in [0.29, 0.717) is 0 Å². The van der Waals surface area contributed by atoms with Gasteiger partial charge >= 0.3 is 0 Å². The molecule has 0 radical (unpaired) electrons. The quantitative estimate of drug-likeness (QED) is 0.517. The molecule has 0 fully saturated rings. The smallest absolute Gasteiger partial charge is 0.159 e. The van der Waals surface area contributed by atoms with Gasteiger partial charge in [0.15, 0.2) is 9.76 Å². The van der Waals surface area contributed by atoms with Crippen molar-refractivity contribution < 1.29 is 4.43 Å². The zero-order chi connectivity index (χ0) is 10.2. The molecule has 78 valence electrons. The van der Waals surface area contributed by atoms with E-state index in [-0.39, 0.29) is 15.4 Å². The van der Waals surface area contributed by atoms with Gasteiger partial charge in [-0.1, -0.05) is 55.0 Å². The average molecular weight is 312 g/mol. The minimum atomic E-state index is -0.282. The monoisotopic (exact) mass is 312 g/mol. The molecule has 0 aliphatic heterocycles. The molecule has 0 aromatic carbocycles. The van der Waals surface area contributed by atoms with Crippen molar-refractivity contribution >= 4 is 32.4 Å². The van der Waals surface area contributed by atoms with Gasteiger partial charge in [0, 0.05) is 0 Å². The summed E-state index contributed by atoms with van der Waals surface area (Å²) in [6.07, 6.45) is 7.01. The first-order chi connectivity index (χ1) is 6.18. The molecule has 0 heterocycles. The Kier molecular flexibility index (Phi) is 8.39. The first kappa shape index (κ1) is 13.6. The molecule has 0 aliphatic carbocycles. The molecule has 3 heteroatoms. The first-order valence-electron chi connectivity index (χ1n) is 5.07. The van der Waals surface area contributed by atoms with Crippen LogP contribution in [-0.2, 0) is 4.43 Å². The Morgan fingerprint density at radius 1 is 1.54 bits per heavy atom. The Hall–Kier alpha value is 0.647. The largest absolute Gasteiger partial charge is 0.419 e. The molecule has 0 rings (SSSR count). The highest BCUT2D eigenvalue weighted by Gasteiger charge is 2.21. The van der Waals surface area contributed by atoms with E-state index in [0.717, 1.165) is 6.42 Å². The van der Waals surface area contributed by atoms with E-state index in [4.69, 9.17) is 4.43 Å². The predicted octanol–water partition coefficient (Wildman–Crippen LogP) is 3.42. The molecular weight excluding hydrogens is 291 g/mol. The van der Waals surface area contributed by atoms with Crippen LogP contribution < -0.4 is 0 Å². The van der Waals surface area contributed by atoms with Crippen molar-refractivity contribution in [3.05, 3.63) is 10.2 Å². The highest BCUT2D eigenvalue weighted by molar-refractivity contribution is 14.1. The standard InChI is InChI=1S/C10H21IOSi/c1-4-5-7-10(2,12-13-3)8-6-9-11/h6,9H,4-5,7-8,13H2,1-3H3. The summed E-state index contributed by atoms with van der Waals surface area (Å²) in [4.78, 5) is 0. The maximum atomic E-state index is 5.92. The van der Waals surface area contributed by atoms with Gasteiger partial charge in [-0.2, -0.15) is 0 Å². The molecule has 1 nitrogen and oxygen atoms in total. The predicted molar refractivity (Wildman–Crippen MR) is 71.2 cm³/mol. The van der Waals surface area contributed by atoms with Gasteiger partial charge in [0.05, 0.1) is 5.60 Å². The van der Waals surface area contributed by atoms with Crippen molar-refractivity contribution in [3.63, 3.8) is 0 Å². The topological polar surface area (TPSA) is 9.23 Å². The second-order valence-corrected chi connectivity index (χ2v) is 5.14. The van der Waals surface area contributed by atoms with E-state index >= 15 is 0 Å². The van der Waals surface area contributed by atoms with Gasteiger partial charge in [-0.15, -0.1) is 0 Å². The second kappa shape index (κ2) is 8.00. The summed E-state index contributed by atoms with van der Waals surface area (Å²) in [5, 5.41) is 0. The molecule has 1 atom stereocenters. The minimum Gasteiger partial charge on any atom is -0.419 e. The molecular formula is C10H21IOSi. The SMILES string of the molecule is CCCCC(C)(CC=CI)O[SiH2]C. The van der Waals surface area contributed by atoms with Gasteiger partial charge in [0.2, 0.25) is 0 Å². The molecule has 0 amide bonds. The summed E-state index contributed by atoms with van der Waals surface area (Å²) < 4.78 is 8.00. The Bertz CT molecular complexity index is 150. The third-order valence-corrected chi connectivity index (χ3v) is 3.68.